The molecular formula is C4H14Cl2N2Pt. The van der Waals surface area contributed by atoms with Gasteiger partial charge in [0, 0.05) is 0 Å². The third-order valence-electron chi connectivity index (χ3n) is 0. The van der Waals surface area contributed by atoms with Crippen molar-refractivity contribution >= 4 is 0 Å². The Balaban J connectivity index is -0.00000000114. The summed E-state index contributed by atoms with van der Waals surface area (Å²) in [5, 5.41) is 0. The zero-order valence-electron chi connectivity index (χ0n) is 5.31. The fourth-order valence-electron chi connectivity index (χ4n) is 0. The van der Waals surface area contributed by atoms with E-state index in [-0.39, 0.29) is 58.2 Å². The van der Waals surface area contributed by atoms with Crippen LogP contribution in [0.3, 0.4) is 0 Å². The second kappa shape index (κ2) is 1140. The molecule has 0 unspecified atom stereocenters. The summed E-state index contributed by atoms with van der Waals surface area (Å²) in [7, 11) is 0. The fourth-order valence-corrected chi connectivity index (χ4v) is 0. The summed E-state index contributed by atoms with van der Waals surface area (Å²) in [6.45, 7) is 12.0. The molecule has 0 amide bonds. The summed E-state index contributed by atoms with van der Waals surface area (Å²) in [6, 6.07) is 0. The molecule has 0 aliphatic rings. The second-order valence-electron chi connectivity index (χ2n) is 0. The number of rotatable bonds is 0. The van der Waals surface area contributed by atoms with E-state index in [2.05, 4.69) is 26.3 Å². The zero-order valence-corrected chi connectivity index (χ0v) is 9.10. The van der Waals surface area contributed by atoms with Gasteiger partial charge in [-0.2, -0.15) is 0 Å². The Labute approximate surface area is 84.4 Å². The SMILES string of the molecule is C=C.C=C.N.N.[Cl-].[Cl-].[Pt+2]. The maximum Gasteiger partial charge on any atom is 2.00 e. The van der Waals surface area contributed by atoms with E-state index >= 15 is 0 Å². The van der Waals surface area contributed by atoms with Gasteiger partial charge in [0.2, 0.25) is 0 Å². The molecule has 0 fully saturated rings. The predicted molar refractivity (Wildman–Crippen MR) is 32.6 cm³/mol. The zero-order chi connectivity index (χ0) is 4.00. The van der Waals surface area contributed by atoms with E-state index in [4.69, 9.17) is 0 Å². The van der Waals surface area contributed by atoms with Gasteiger partial charge in [-0.15, -0.1) is 26.3 Å². The minimum absolute atomic E-state index is 0. The molecule has 0 heterocycles. The van der Waals surface area contributed by atoms with Gasteiger partial charge in [-0.1, -0.05) is 0 Å². The number of halogens is 2. The molecule has 0 aromatic rings. The van der Waals surface area contributed by atoms with Crippen LogP contribution in [0.15, 0.2) is 26.3 Å². The predicted octanol–water partition coefficient (Wildman–Crippen LogP) is -4.07. The van der Waals surface area contributed by atoms with Crippen LogP contribution in [0, 0.1) is 0 Å². The van der Waals surface area contributed by atoms with Gasteiger partial charge in [0.1, 0.15) is 0 Å². The van der Waals surface area contributed by atoms with Crippen LogP contribution in [-0.2, 0) is 21.1 Å². The van der Waals surface area contributed by atoms with Crippen molar-refractivity contribution in [3.63, 3.8) is 0 Å². The molecule has 0 saturated carbocycles. The van der Waals surface area contributed by atoms with Crippen molar-refractivity contribution in [2.24, 2.45) is 0 Å². The summed E-state index contributed by atoms with van der Waals surface area (Å²) < 4.78 is 0. The molecular weight excluding hydrogens is 342 g/mol. The molecule has 5 heteroatoms. The minimum atomic E-state index is 0. The van der Waals surface area contributed by atoms with E-state index < -0.39 is 0 Å². The normalized spacial score (nSPS) is 0.889. The van der Waals surface area contributed by atoms with Crippen LogP contribution in [0.2, 0.25) is 0 Å². The van der Waals surface area contributed by atoms with Crippen molar-refractivity contribution in [3.8, 4) is 0 Å². The van der Waals surface area contributed by atoms with Crippen molar-refractivity contribution in [1.29, 1.82) is 0 Å². The van der Waals surface area contributed by atoms with Gasteiger partial charge in [0.25, 0.3) is 0 Å². The fraction of sp³-hybridized carbons (Fsp3) is 0. The molecule has 0 spiro atoms. The molecule has 9 heavy (non-hydrogen) atoms. The molecule has 0 bridgehead atoms. The van der Waals surface area contributed by atoms with Gasteiger partial charge in [-0.05, 0) is 0 Å². The van der Waals surface area contributed by atoms with E-state index in [0.717, 1.165) is 0 Å². The smallest absolute Gasteiger partial charge is 1.00 e. The third kappa shape index (κ3) is 863. The van der Waals surface area contributed by atoms with E-state index in [0.29, 0.717) is 0 Å². The first-order valence-electron chi connectivity index (χ1n) is 1.000. The Morgan fingerprint density at radius 1 is 0.556 bits per heavy atom. The van der Waals surface area contributed by atoms with Crippen molar-refractivity contribution in [1.82, 2.24) is 12.3 Å². The Kier molecular flexibility index (Phi) is 12900. The monoisotopic (exact) mass is 355 g/mol. The summed E-state index contributed by atoms with van der Waals surface area (Å²) >= 11 is 0. The van der Waals surface area contributed by atoms with Crippen molar-refractivity contribution in [2.75, 3.05) is 0 Å². The van der Waals surface area contributed by atoms with Gasteiger partial charge in [0.15, 0.2) is 0 Å². The van der Waals surface area contributed by atoms with Crippen LogP contribution >= 0.6 is 0 Å². The van der Waals surface area contributed by atoms with E-state index in [9.17, 15) is 0 Å². The third-order valence-corrected chi connectivity index (χ3v) is 0. The molecule has 0 saturated heterocycles. The first-order chi connectivity index (χ1) is 2.00. The van der Waals surface area contributed by atoms with E-state index in [1.54, 1.807) is 0 Å². The van der Waals surface area contributed by atoms with Crippen molar-refractivity contribution in [3.05, 3.63) is 26.3 Å². The molecule has 0 radical (unpaired) electrons. The summed E-state index contributed by atoms with van der Waals surface area (Å²) in [4.78, 5) is 0. The summed E-state index contributed by atoms with van der Waals surface area (Å²) in [5.41, 5.74) is 0. The standard InChI is InChI=1S/2C2H4.2ClH.2H3N.Pt/c2*1-2;;;;;/h2*1-2H2;2*1H;2*1H3;/q;;;;;;+2/p-2. The van der Waals surface area contributed by atoms with Gasteiger partial charge in [-0.25, -0.2) is 0 Å². The maximum absolute atomic E-state index is 3.00. The summed E-state index contributed by atoms with van der Waals surface area (Å²) in [5.74, 6) is 0. The van der Waals surface area contributed by atoms with Crippen LogP contribution < -0.4 is 37.1 Å². The van der Waals surface area contributed by atoms with Gasteiger partial charge in [-0.3, -0.25) is 0 Å². The Hall–Kier alpha value is 0.668. The Morgan fingerprint density at radius 3 is 0.556 bits per heavy atom. The van der Waals surface area contributed by atoms with Crippen LogP contribution in [0.4, 0.5) is 0 Å². The molecule has 64 valence electrons. The topological polar surface area (TPSA) is 70.0 Å². The van der Waals surface area contributed by atoms with E-state index in [1.165, 1.54) is 0 Å². The van der Waals surface area contributed by atoms with Crippen molar-refractivity contribution in [2.45, 2.75) is 0 Å². The van der Waals surface area contributed by atoms with Gasteiger partial charge < -0.3 is 37.1 Å². The number of hydrogen-bond donors (Lipinski definition) is 2. The molecule has 2 nitrogen and oxygen atoms in total. The molecule has 0 aliphatic carbocycles. The van der Waals surface area contributed by atoms with Crippen LogP contribution in [-0.4, -0.2) is 0 Å². The van der Waals surface area contributed by atoms with E-state index in [1.807, 2.05) is 0 Å². The average Bonchev–Trinajstić information content (AvgIpc) is 1.50. The molecule has 0 aliphatic heterocycles. The van der Waals surface area contributed by atoms with Gasteiger partial charge in [0.05, 0.1) is 0 Å². The first-order valence-corrected chi connectivity index (χ1v) is 1.000. The van der Waals surface area contributed by atoms with Crippen molar-refractivity contribution < 1.29 is 45.9 Å². The van der Waals surface area contributed by atoms with Crippen LogP contribution in [0.1, 0.15) is 0 Å². The van der Waals surface area contributed by atoms with Crippen LogP contribution in [0.25, 0.3) is 0 Å². The number of hydrogen-bond acceptors (Lipinski definition) is 2. The quantitative estimate of drug-likeness (QED) is 0.434. The minimum Gasteiger partial charge on any atom is -1.00 e. The molecule has 0 rings (SSSR count). The molecule has 0 aromatic heterocycles. The van der Waals surface area contributed by atoms with Crippen LogP contribution in [0.5, 0.6) is 0 Å². The molecule has 0 aromatic carbocycles. The first kappa shape index (κ1) is 102. The maximum atomic E-state index is 3.00. The van der Waals surface area contributed by atoms with Gasteiger partial charge >= 0.3 is 21.1 Å². The summed E-state index contributed by atoms with van der Waals surface area (Å²) in [6.07, 6.45) is 0. The molecule has 0 atom stereocenters. The Morgan fingerprint density at radius 2 is 0.556 bits per heavy atom. The average molecular weight is 356 g/mol. The largest absolute Gasteiger partial charge is 2.00 e. The Bertz CT molecular complexity index is 18.5. The second-order valence-corrected chi connectivity index (χ2v) is 0. The molecule has 6 N–H and O–H groups in total.